The van der Waals surface area contributed by atoms with E-state index in [1.54, 1.807) is 0 Å². The van der Waals surface area contributed by atoms with Gasteiger partial charge in [0.05, 0.1) is 6.42 Å². The van der Waals surface area contributed by atoms with Crippen molar-refractivity contribution in [3.05, 3.63) is 22.2 Å². The summed E-state index contributed by atoms with van der Waals surface area (Å²) in [5, 5.41) is 9.09. The lowest BCUT2D eigenvalue weighted by atomic mass is 9.91. The van der Waals surface area contributed by atoms with Crippen molar-refractivity contribution in [3.63, 3.8) is 0 Å². The second-order valence-electron chi connectivity index (χ2n) is 6.10. The Morgan fingerprint density at radius 1 is 1.20 bits per heavy atom. The molecule has 3 aliphatic rings. The number of aliphatic carboxylic acids is 1. The SMILES string of the molecule is O=C(O)CC1(c2cc3c(cc2Br)OC2(CCC2)O3)CC1. The third kappa shape index (κ3) is 1.75. The molecule has 106 valence electrons. The molecule has 20 heavy (non-hydrogen) atoms. The standard InChI is InChI=1S/C15H15BrO4/c16-10-7-12-11(19-15(20-12)2-1-3-15)6-9(10)14(4-5-14)8-13(17)18/h6-7H,1-5,8H2,(H,17,18). The monoisotopic (exact) mass is 338 g/mol. The van der Waals surface area contributed by atoms with Gasteiger partial charge in [-0.3, -0.25) is 4.79 Å². The van der Waals surface area contributed by atoms with Crippen molar-refractivity contribution in [2.75, 3.05) is 0 Å². The summed E-state index contributed by atoms with van der Waals surface area (Å²) in [6, 6.07) is 3.90. The lowest BCUT2D eigenvalue weighted by Crippen LogP contribution is -2.45. The van der Waals surface area contributed by atoms with E-state index in [2.05, 4.69) is 15.9 Å². The zero-order valence-electron chi connectivity index (χ0n) is 10.9. The number of hydrogen-bond donors (Lipinski definition) is 1. The molecular weight excluding hydrogens is 324 g/mol. The van der Waals surface area contributed by atoms with Gasteiger partial charge < -0.3 is 14.6 Å². The highest BCUT2D eigenvalue weighted by Crippen LogP contribution is 2.57. The predicted molar refractivity (Wildman–Crippen MR) is 75.1 cm³/mol. The lowest BCUT2D eigenvalue weighted by molar-refractivity contribution is -0.139. The van der Waals surface area contributed by atoms with Crippen LogP contribution < -0.4 is 9.47 Å². The van der Waals surface area contributed by atoms with E-state index in [9.17, 15) is 4.79 Å². The van der Waals surface area contributed by atoms with Gasteiger partial charge in [0.1, 0.15) is 0 Å². The van der Waals surface area contributed by atoms with Crippen LogP contribution in [0.5, 0.6) is 11.5 Å². The van der Waals surface area contributed by atoms with Gasteiger partial charge in [-0.15, -0.1) is 0 Å². The predicted octanol–water partition coefficient (Wildman–Crippen LogP) is 3.61. The maximum Gasteiger partial charge on any atom is 0.304 e. The van der Waals surface area contributed by atoms with E-state index in [4.69, 9.17) is 14.6 Å². The van der Waals surface area contributed by atoms with E-state index in [1.807, 2.05) is 12.1 Å². The number of fused-ring (bicyclic) bond motifs is 1. The van der Waals surface area contributed by atoms with Crippen molar-refractivity contribution in [1.29, 1.82) is 0 Å². The van der Waals surface area contributed by atoms with Gasteiger partial charge in [0.15, 0.2) is 11.5 Å². The molecule has 0 radical (unpaired) electrons. The number of carbonyl (C=O) groups is 1. The highest BCUT2D eigenvalue weighted by Gasteiger charge is 2.50. The largest absolute Gasteiger partial charge is 0.481 e. The molecule has 2 saturated carbocycles. The van der Waals surface area contributed by atoms with Gasteiger partial charge in [0.2, 0.25) is 0 Å². The molecule has 0 saturated heterocycles. The summed E-state index contributed by atoms with van der Waals surface area (Å²) in [5.41, 5.74) is 0.817. The molecule has 1 N–H and O–H groups in total. The Bertz CT molecular complexity index is 602. The minimum atomic E-state index is -0.748. The fourth-order valence-electron chi connectivity index (χ4n) is 3.17. The van der Waals surface area contributed by atoms with Crippen LogP contribution in [0.15, 0.2) is 16.6 Å². The van der Waals surface area contributed by atoms with E-state index in [1.165, 1.54) is 0 Å². The molecule has 1 aromatic rings. The molecule has 0 unspecified atom stereocenters. The Morgan fingerprint density at radius 3 is 2.35 bits per heavy atom. The molecular formula is C15H15BrO4. The Hall–Kier alpha value is -1.23. The first-order chi connectivity index (χ1) is 9.52. The molecule has 0 aromatic heterocycles. The first-order valence-electron chi connectivity index (χ1n) is 6.96. The lowest BCUT2D eigenvalue weighted by Gasteiger charge is -2.35. The Kier molecular flexibility index (Phi) is 2.44. The number of halogens is 1. The summed E-state index contributed by atoms with van der Waals surface area (Å²) < 4.78 is 12.8. The number of benzene rings is 1. The zero-order valence-corrected chi connectivity index (χ0v) is 12.5. The normalized spacial score (nSPS) is 23.4. The summed E-state index contributed by atoms with van der Waals surface area (Å²) in [6.45, 7) is 0. The fraction of sp³-hybridized carbons (Fsp3) is 0.533. The van der Waals surface area contributed by atoms with Gasteiger partial charge >= 0.3 is 5.97 Å². The molecule has 1 aromatic carbocycles. The van der Waals surface area contributed by atoms with Crippen molar-refractivity contribution in [2.45, 2.75) is 49.7 Å². The van der Waals surface area contributed by atoms with Crippen molar-refractivity contribution in [1.82, 2.24) is 0 Å². The first kappa shape index (κ1) is 12.5. The van der Waals surface area contributed by atoms with Crippen LogP contribution in [0.25, 0.3) is 0 Å². The maximum atomic E-state index is 11.1. The topological polar surface area (TPSA) is 55.8 Å². The van der Waals surface area contributed by atoms with Crippen LogP contribution in [-0.4, -0.2) is 16.9 Å². The summed E-state index contributed by atoms with van der Waals surface area (Å²) in [5.74, 6) is 0.345. The van der Waals surface area contributed by atoms with Crippen LogP contribution >= 0.6 is 15.9 Å². The highest BCUT2D eigenvalue weighted by atomic mass is 79.9. The van der Waals surface area contributed by atoms with Crippen LogP contribution in [-0.2, 0) is 10.2 Å². The molecule has 0 bridgehead atoms. The molecule has 5 heteroatoms. The average molecular weight is 339 g/mol. The van der Waals surface area contributed by atoms with Crippen molar-refractivity contribution >= 4 is 21.9 Å². The Balaban J connectivity index is 1.70. The van der Waals surface area contributed by atoms with E-state index < -0.39 is 11.8 Å². The second kappa shape index (κ2) is 3.91. The molecule has 1 aliphatic heterocycles. The molecule has 1 spiro atoms. The zero-order chi connectivity index (χ0) is 14.0. The quantitative estimate of drug-likeness (QED) is 0.914. The smallest absolute Gasteiger partial charge is 0.304 e. The van der Waals surface area contributed by atoms with Gasteiger partial charge in [-0.05, 0) is 37.0 Å². The third-order valence-electron chi connectivity index (χ3n) is 4.66. The number of rotatable bonds is 3. The summed E-state index contributed by atoms with van der Waals surface area (Å²) in [6.07, 6.45) is 5.00. The summed E-state index contributed by atoms with van der Waals surface area (Å²) in [7, 11) is 0. The van der Waals surface area contributed by atoms with Gasteiger partial charge in [-0.1, -0.05) is 15.9 Å². The minimum absolute atomic E-state index is 0.177. The molecule has 0 atom stereocenters. The number of carboxylic acids is 1. The highest BCUT2D eigenvalue weighted by molar-refractivity contribution is 9.10. The molecule has 2 aliphatic carbocycles. The van der Waals surface area contributed by atoms with Crippen molar-refractivity contribution in [2.24, 2.45) is 0 Å². The number of carboxylic acid groups (broad SMARTS) is 1. The van der Waals surface area contributed by atoms with Crippen molar-refractivity contribution in [3.8, 4) is 11.5 Å². The minimum Gasteiger partial charge on any atom is -0.481 e. The molecule has 4 nitrogen and oxygen atoms in total. The van der Waals surface area contributed by atoms with E-state index in [-0.39, 0.29) is 11.8 Å². The van der Waals surface area contributed by atoms with Gasteiger partial charge in [-0.25, -0.2) is 0 Å². The van der Waals surface area contributed by atoms with Crippen LogP contribution in [0.4, 0.5) is 0 Å². The summed E-state index contributed by atoms with van der Waals surface area (Å²) >= 11 is 3.56. The average Bonchev–Trinajstić information content (AvgIpc) is 2.98. The maximum absolute atomic E-state index is 11.1. The third-order valence-corrected chi connectivity index (χ3v) is 5.31. The summed E-state index contributed by atoms with van der Waals surface area (Å²) in [4.78, 5) is 11.1. The Morgan fingerprint density at radius 2 is 1.85 bits per heavy atom. The van der Waals surface area contributed by atoms with E-state index in [0.29, 0.717) is 0 Å². The van der Waals surface area contributed by atoms with Crippen molar-refractivity contribution < 1.29 is 19.4 Å². The van der Waals surface area contributed by atoms with Crippen LogP contribution in [0.3, 0.4) is 0 Å². The molecule has 2 fully saturated rings. The number of hydrogen-bond acceptors (Lipinski definition) is 3. The van der Waals surface area contributed by atoms with Gasteiger partial charge in [-0.2, -0.15) is 0 Å². The van der Waals surface area contributed by atoms with Gasteiger partial charge in [0, 0.05) is 22.7 Å². The van der Waals surface area contributed by atoms with Crippen LogP contribution in [0.2, 0.25) is 0 Å². The van der Waals surface area contributed by atoms with Crippen LogP contribution in [0.1, 0.15) is 44.1 Å². The van der Waals surface area contributed by atoms with Gasteiger partial charge in [0.25, 0.3) is 5.79 Å². The number of ether oxygens (including phenoxy) is 2. The second-order valence-corrected chi connectivity index (χ2v) is 6.95. The Labute approximate surface area is 125 Å². The fourth-order valence-corrected chi connectivity index (χ4v) is 3.92. The first-order valence-corrected chi connectivity index (χ1v) is 7.75. The van der Waals surface area contributed by atoms with E-state index >= 15 is 0 Å². The molecule has 4 rings (SSSR count). The van der Waals surface area contributed by atoms with Crippen LogP contribution in [0, 0.1) is 0 Å². The molecule has 0 amide bonds. The van der Waals surface area contributed by atoms with E-state index in [0.717, 1.165) is 53.6 Å². The molecule has 1 heterocycles.